The quantitative estimate of drug-likeness (QED) is 0.841. The summed E-state index contributed by atoms with van der Waals surface area (Å²) in [7, 11) is 0. The number of halogens is 3. The van der Waals surface area contributed by atoms with E-state index in [0.717, 1.165) is 23.3 Å². The van der Waals surface area contributed by atoms with Crippen molar-refractivity contribution in [2.45, 2.75) is 18.9 Å². The minimum atomic E-state index is -4.42. The van der Waals surface area contributed by atoms with E-state index in [1.165, 1.54) is 23.9 Å². The number of carbonyl (C=O) groups excluding carboxylic acids is 1. The number of rotatable bonds is 5. The van der Waals surface area contributed by atoms with Crippen molar-refractivity contribution in [2.24, 2.45) is 0 Å². The molecule has 0 fully saturated rings. The molecule has 0 aliphatic carbocycles. The normalized spacial score (nSPS) is 11.3. The molecule has 2 aromatic carbocycles. The Hall–Kier alpha value is -1.95. The van der Waals surface area contributed by atoms with Gasteiger partial charge in [0.05, 0.1) is 11.3 Å². The van der Waals surface area contributed by atoms with Gasteiger partial charge in [-0.1, -0.05) is 35.9 Å². The van der Waals surface area contributed by atoms with Crippen molar-refractivity contribution in [3.8, 4) is 0 Å². The van der Waals surface area contributed by atoms with Crippen LogP contribution in [0.2, 0.25) is 0 Å². The second kappa shape index (κ2) is 7.55. The van der Waals surface area contributed by atoms with Gasteiger partial charge in [-0.15, -0.1) is 11.8 Å². The molecule has 1 N–H and O–H groups in total. The second-order valence-corrected chi connectivity index (χ2v) is 6.09. The highest BCUT2D eigenvalue weighted by molar-refractivity contribution is 7.99. The molecular weight excluding hydrogens is 323 g/mol. The fourth-order valence-corrected chi connectivity index (χ4v) is 2.81. The number of hydrogen-bond acceptors (Lipinski definition) is 2. The monoisotopic (exact) mass is 339 g/mol. The SMILES string of the molecule is Cc1cccc(CSCC(=O)Nc2cccc(C(F)(F)F)c2)c1. The minimum absolute atomic E-state index is 0.154. The molecule has 0 unspecified atom stereocenters. The van der Waals surface area contributed by atoms with E-state index in [-0.39, 0.29) is 17.3 Å². The summed E-state index contributed by atoms with van der Waals surface area (Å²) in [6, 6.07) is 12.6. The molecule has 1 amide bonds. The molecule has 0 spiro atoms. The van der Waals surface area contributed by atoms with Crippen LogP contribution in [0, 0.1) is 6.92 Å². The van der Waals surface area contributed by atoms with Crippen LogP contribution in [-0.4, -0.2) is 11.7 Å². The first-order valence-electron chi connectivity index (χ1n) is 6.95. The maximum absolute atomic E-state index is 12.6. The van der Waals surface area contributed by atoms with E-state index in [9.17, 15) is 18.0 Å². The Balaban J connectivity index is 1.85. The molecule has 122 valence electrons. The minimum Gasteiger partial charge on any atom is -0.325 e. The highest BCUT2D eigenvalue weighted by atomic mass is 32.2. The van der Waals surface area contributed by atoms with Crippen LogP contribution in [0.5, 0.6) is 0 Å². The molecule has 0 bridgehead atoms. The summed E-state index contributed by atoms with van der Waals surface area (Å²) in [5, 5.41) is 2.49. The van der Waals surface area contributed by atoms with Gasteiger partial charge in [-0.3, -0.25) is 4.79 Å². The molecule has 0 aliphatic heterocycles. The van der Waals surface area contributed by atoms with E-state index in [1.54, 1.807) is 0 Å². The van der Waals surface area contributed by atoms with Crippen molar-refractivity contribution in [1.29, 1.82) is 0 Å². The lowest BCUT2D eigenvalue weighted by molar-refractivity contribution is -0.137. The lowest BCUT2D eigenvalue weighted by Crippen LogP contribution is -2.15. The van der Waals surface area contributed by atoms with E-state index in [2.05, 4.69) is 5.32 Å². The third-order valence-electron chi connectivity index (χ3n) is 3.06. The number of nitrogens with one attached hydrogen (secondary N) is 1. The molecule has 0 saturated heterocycles. The van der Waals surface area contributed by atoms with Crippen LogP contribution in [0.1, 0.15) is 16.7 Å². The van der Waals surface area contributed by atoms with Gasteiger partial charge in [-0.2, -0.15) is 13.2 Å². The Morgan fingerprint density at radius 2 is 1.87 bits per heavy atom. The van der Waals surface area contributed by atoms with Crippen LogP contribution in [-0.2, 0) is 16.7 Å². The van der Waals surface area contributed by atoms with E-state index in [4.69, 9.17) is 0 Å². The highest BCUT2D eigenvalue weighted by Gasteiger charge is 2.30. The summed E-state index contributed by atoms with van der Waals surface area (Å²) in [6.45, 7) is 1.99. The maximum atomic E-state index is 12.6. The molecule has 0 aromatic heterocycles. The number of carbonyl (C=O) groups is 1. The van der Waals surface area contributed by atoms with Crippen LogP contribution < -0.4 is 5.32 Å². The first kappa shape index (κ1) is 17.4. The molecule has 2 nitrogen and oxygen atoms in total. The summed E-state index contributed by atoms with van der Waals surface area (Å²) in [5.74, 6) is 0.545. The smallest absolute Gasteiger partial charge is 0.325 e. The Morgan fingerprint density at radius 3 is 2.57 bits per heavy atom. The Labute approximate surface area is 137 Å². The fourth-order valence-electron chi connectivity index (χ4n) is 2.03. The third-order valence-corrected chi connectivity index (χ3v) is 4.06. The molecule has 6 heteroatoms. The van der Waals surface area contributed by atoms with Crippen molar-refractivity contribution < 1.29 is 18.0 Å². The molecular formula is C17H16F3NOS. The predicted octanol–water partition coefficient (Wildman–Crippen LogP) is 4.89. The summed E-state index contributed by atoms with van der Waals surface area (Å²) < 4.78 is 37.8. The van der Waals surface area contributed by atoms with Gasteiger partial charge in [0, 0.05) is 11.4 Å². The van der Waals surface area contributed by atoms with Crippen molar-refractivity contribution in [1.82, 2.24) is 0 Å². The highest BCUT2D eigenvalue weighted by Crippen LogP contribution is 2.30. The first-order valence-corrected chi connectivity index (χ1v) is 8.10. The summed E-state index contributed by atoms with van der Waals surface area (Å²) in [4.78, 5) is 11.8. The van der Waals surface area contributed by atoms with Gasteiger partial charge in [-0.05, 0) is 30.7 Å². The van der Waals surface area contributed by atoms with Gasteiger partial charge in [0.25, 0.3) is 0 Å². The molecule has 0 saturated carbocycles. The van der Waals surface area contributed by atoms with E-state index < -0.39 is 11.7 Å². The molecule has 0 radical (unpaired) electrons. The van der Waals surface area contributed by atoms with Crippen LogP contribution in [0.3, 0.4) is 0 Å². The summed E-state index contributed by atoms with van der Waals surface area (Å²) in [6.07, 6.45) is -4.42. The zero-order valence-electron chi connectivity index (χ0n) is 12.5. The van der Waals surface area contributed by atoms with Crippen molar-refractivity contribution >= 4 is 23.4 Å². The average Bonchev–Trinajstić information content (AvgIpc) is 2.46. The standard InChI is InChI=1S/C17H16F3NOS/c1-12-4-2-5-13(8-12)10-23-11-16(22)21-15-7-3-6-14(9-15)17(18,19)20/h2-9H,10-11H2,1H3,(H,21,22). The third kappa shape index (κ3) is 5.63. The van der Waals surface area contributed by atoms with Crippen molar-refractivity contribution in [2.75, 3.05) is 11.1 Å². The fraction of sp³-hybridized carbons (Fsp3) is 0.235. The molecule has 2 aromatic rings. The Bertz CT molecular complexity index is 686. The van der Waals surface area contributed by atoms with Gasteiger partial charge in [0.1, 0.15) is 0 Å². The predicted molar refractivity (Wildman–Crippen MR) is 87.4 cm³/mol. The molecule has 0 aliphatic rings. The number of hydrogen-bond donors (Lipinski definition) is 1. The number of anilines is 1. The number of benzene rings is 2. The number of thioether (sulfide) groups is 1. The van der Waals surface area contributed by atoms with Gasteiger partial charge >= 0.3 is 6.18 Å². The zero-order chi connectivity index (χ0) is 16.9. The van der Waals surface area contributed by atoms with Crippen molar-refractivity contribution in [3.05, 3.63) is 65.2 Å². The lowest BCUT2D eigenvalue weighted by atomic mass is 10.2. The lowest BCUT2D eigenvalue weighted by Gasteiger charge is -2.10. The number of alkyl halides is 3. The van der Waals surface area contributed by atoms with Gasteiger partial charge < -0.3 is 5.32 Å². The molecule has 0 atom stereocenters. The number of aryl methyl sites for hydroxylation is 1. The summed E-state index contributed by atoms with van der Waals surface area (Å²) in [5.41, 5.74) is 1.64. The molecule has 23 heavy (non-hydrogen) atoms. The number of amides is 1. The average molecular weight is 339 g/mol. The van der Waals surface area contributed by atoms with Crippen LogP contribution in [0.25, 0.3) is 0 Å². The van der Waals surface area contributed by atoms with E-state index >= 15 is 0 Å². The zero-order valence-corrected chi connectivity index (χ0v) is 13.3. The maximum Gasteiger partial charge on any atom is 0.416 e. The van der Waals surface area contributed by atoms with Crippen LogP contribution in [0.4, 0.5) is 18.9 Å². The molecule has 2 rings (SSSR count). The van der Waals surface area contributed by atoms with E-state index in [0.29, 0.717) is 5.75 Å². The first-order chi connectivity index (χ1) is 10.8. The second-order valence-electron chi connectivity index (χ2n) is 5.11. The van der Waals surface area contributed by atoms with Gasteiger partial charge in [0.15, 0.2) is 0 Å². The molecule has 0 heterocycles. The van der Waals surface area contributed by atoms with Gasteiger partial charge in [0.2, 0.25) is 5.91 Å². The van der Waals surface area contributed by atoms with E-state index in [1.807, 2.05) is 31.2 Å². The largest absolute Gasteiger partial charge is 0.416 e. The van der Waals surface area contributed by atoms with Crippen LogP contribution >= 0.6 is 11.8 Å². The Morgan fingerprint density at radius 1 is 1.13 bits per heavy atom. The van der Waals surface area contributed by atoms with Gasteiger partial charge in [-0.25, -0.2) is 0 Å². The topological polar surface area (TPSA) is 29.1 Å². The van der Waals surface area contributed by atoms with Crippen molar-refractivity contribution in [3.63, 3.8) is 0 Å². The summed E-state index contributed by atoms with van der Waals surface area (Å²) >= 11 is 1.42. The van der Waals surface area contributed by atoms with Crippen LogP contribution in [0.15, 0.2) is 48.5 Å². The Kier molecular flexibility index (Phi) is 5.71.